The lowest BCUT2D eigenvalue weighted by Crippen LogP contribution is -2.46. The molecule has 0 unspecified atom stereocenters. The minimum Gasteiger partial charge on any atom is -0.378 e. The minimum atomic E-state index is 0.00674. The summed E-state index contributed by atoms with van der Waals surface area (Å²) in [4.78, 5) is 27.2. The molecule has 1 aliphatic heterocycles. The SMILES string of the molecule is CN(CC(=O)N1CCOCC1)C(=O)CCCCCCN. The molecule has 0 atom stereocenters. The fourth-order valence-electron chi connectivity index (χ4n) is 2.17. The minimum absolute atomic E-state index is 0.00674. The van der Waals surface area contributed by atoms with Gasteiger partial charge in [0.05, 0.1) is 19.8 Å². The maximum Gasteiger partial charge on any atom is 0.242 e. The van der Waals surface area contributed by atoms with Crippen LogP contribution >= 0.6 is 0 Å². The second-order valence-electron chi connectivity index (χ2n) is 5.20. The summed E-state index contributed by atoms with van der Waals surface area (Å²) >= 11 is 0. The number of likely N-dealkylation sites (N-methyl/N-ethyl adjacent to an activating group) is 1. The molecular formula is C14H27N3O3. The lowest BCUT2D eigenvalue weighted by molar-refractivity contribution is -0.141. The molecule has 1 saturated heterocycles. The van der Waals surface area contributed by atoms with Crippen LogP contribution in [0.5, 0.6) is 0 Å². The zero-order valence-electron chi connectivity index (χ0n) is 12.5. The van der Waals surface area contributed by atoms with E-state index in [9.17, 15) is 9.59 Å². The molecule has 1 rings (SSSR count). The highest BCUT2D eigenvalue weighted by atomic mass is 16.5. The molecule has 2 N–H and O–H groups in total. The van der Waals surface area contributed by atoms with E-state index in [1.807, 2.05) is 0 Å². The van der Waals surface area contributed by atoms with Crippen molar-refractivity contribution in [2.24, 2.45) is 5.73 Å². The first kappa shape index (κ1) is 16.9. The van der Waals surface area contributed by atoms with Crippen LogP contribution < -0.4 is 5.73 Å². The molecule has 0 bridgehead atoms. The van der Waals surface area contributed by atoms with E-state index < -0.39 is 0 Å². The van der Waals surface area contributed by atoms with Gasteiger partial charge in [0.25, 0.3) is 0 Å². The third kappa shape index (κ3) is 6.34. The first-order valence-electron chi connectivity index (χ1n) is 7.44. The van der Waals surface area contributed by atoms with Crippen LogP contribution in [0.1, 0.15) is 32.1 Å². The van der Waals surface area contributed by atoms with Gasteiger partial charge in [-0.1, -0.05) is 12.8 Å². The van der Waals surface area contributed by atoms with Crippen LogP contribution in [0.25, 0.3) is 0 Å². The summed E-state index contributed by atoms with van der Waals surface area (Å²) < 4.78 is 5.20. The molecule has 1 fully saturated rings. The summed E-state index contributed by atoms with van der Waals surface area (Å²) in [6, 6.07) is 0. The van der Waals surface area contributed by atoms with Crippen molar-refractivity contribution in [1.29, 1.82) is 0 Å². The van der Waals surface area contributed by atoms with Crippen molar-refractivity contribution in [1.82, 2.24) is 9.80 Å². The molecule has 20 heavy (non-hydrogen) atoms. The molecule has 0 saturated carbocycles. The molecule has 1 aliphatic rings. The first-order chi connectivity index (χ1) is 9.65. The topological polar surface area (TPSA) is 75.9 Å². The van der Waals surface area contributed by atoms with Crippen LogP contribution in [0, 0.1) is 0 Å². The van der Waals surface area contributed by atoms with E-state index in [0.717, 1.165) is 25.7 Å². The summed E-state index contributed by atoms with van der Waals surface area (Å²) in [5.41, 5.74) is 5.42. The van der Waals surface area contributed by atoms with Gasteiger partial charge in [0, 0.05) is 26.6 Å². The number of nitrogens with zero attached hydrogens (tertiary/aromatic N) is 2. The maximum atomic E-state index is 12.0. The average Bonchev–Trinajstić information content (AvgIpc) is 2.47. The highest BCUT2D eigenvalue weighted by molar-refractivity contribution is 5.84. The number of hydrogen-bond acceptors (Lipinski definition) is 4. The monoisotopic (exact) mass is 285 g/mol. The lowest BCUT2D eigenvalue weighted by atomic mass is 10.1. The molecule has 0 aromatic carbocycles. The molecule has 6 heteroatoms. The zero-order chi connectivity index (χ0) is 14.8. The molecule has 1 heterocycles. The number of morpholine rings is 1. The third-order valence-electron chi connectivity index (χ3n) is 3.51. The number of hydrogen-bond donors (Lipinski definition) is 1. The predicted octanol–water partition coefficient (Wildman–Crippen LogP) is 0.213. The van der Waals surface area contributed by atoms with Crippen molar-refractivity contribution in [2.45, 2.75) is 32.1 Å². The Balaban J connectivity index is 2.18. The number of carbonyl (C=O) groups excluding carboxylic acids is 2. The number of unbranched alkanes of at least 4 members (excludes halogenated alkanes) is 3. The standard InChI is InChI=1S/C14H27N3O3/c1-16(13(18)6-4-2-3-5-7-15)12-14(19)17-8-10-20-11-9-17/h2-12,15H2,1H3. The quantitative estimate of drug-likeness (QED) is 0.647. The number of carbonyl (C=O) groups is 2. The molecule has 116 valence electrons. The average molecular weight is 285 g/mol. The third-order valence-corrected chi connectivity index (χ3v) is 3.51. The van der Waals surface area contributed by atoms with Crippen molar-refractivity contribution < 1.29 is 14.3 Å². The van der Waals surface area contributed by atoms with Gasteiger partial charge in [0.1, 0.15) is 0 Å². The molecule has 2 amide bonds. The van der Waals surface area contributed by atoms with Crippen LogP contribution in [0.3, 0.4) is 0 Å². The highest BCUT2D eigenvalue weighted by Crippen LogP contribution is 2.05. The van der Waals surface area contributed by atoms with E-state index in [-0.39, 0.29) is 18.4 Å². The summed E-state index contributed by atoms with van der Waals surface area (Å²) in [5, 5.41) is 0. The second kappa shape index (κ2) is 9.72. The van der Waals surface area contributed by atoms with Crippen molar-refractivity contribution in [3.63, 3.8) is 0 Å². The van der Waals surface area contributed by atoms with Crippen LogP contribution in [0.2, 0.25) is 0 Å². The Hall–Kier alpha value is -1.14. The Bertz CT molecular complexity index is 304. The molecular weight excluding hydrogens is 258 g/mol. The molecule has 0 aromatic heterocycles. The van der Waals surface area contributed by atoms with Gasteiger partial charge in [-0.3, -0.25) is 9.59 Å². The molecule has 0 aliphatic carbocycles. The zero-order valence-corrected chi connectivity index (χ0v) is 12.5. The molecule has 0 radical (unpaired) electrons. The Morgan fingerprint density at radius 1 is 1.15 bits per heavy atom. The summed E-state index contributed by atoms with van der Waals surface area (Å²) in [6.07, 6.45) is 4.49. The lowest BCUT2D eigenvalue weighted by Gasteiger charge is -2.28. The van der Waals surface area contributed by atoms with E-state index >= 15 is 0 Å². The van der Waals surface area contributed by atoms with Gasteiger partial charge in [0.15, 0.2) is 0 Å². The van der Waals surface area contributed by atoms with E-state index in [1.165, 1.54) is 4.90 Å². The van der Waals surface area contributed by atoms with Gasteiger partial charge in [-0.2, -0.15) is 0 Å². The van der Waals surface area contributed by atoms with Gasteiger partial charge >= 0.3 is 0 Å². The molecule has 0 aromatic rings. The number of nitrogens with two attached hydrogens (primary N) is 1. The summed E-state index contributed by atoms with van der Waals surface area (Å²) in [7, 11) is 1.70. The maximum absolute atomic E-state index is 12.0. The smallest absolute Gasteiger partial charge is 0.242 e. The van der Waals surface area contributed by atoms with Gasteiger partial charge in [0.2, 0.25) is 11.8 Å². The first-order valence-corrected chi connectivity index (χ1v) is 7.44. The van der Waals surface area contributed by atoms with Crippen molar-refractivity contribution >= 4 is 11.8 Å². The van der Waals surface area contributed by atoms with Crippen LogP contribution in [0.4, 0.5) is 0 Å². The predicted molar refractivity (Wildman–Crippen MR) is 77.2 cm³/mol. The van der Waals surface area contributed by atoms with Crippen molar-refractivity contribution in [2.75, 3.05) is 46.4 Å². The Morgan fingerprint density at radius 3 is 2.45 bits per heavy atom. The second-order valence-corrected chi connectivity index (χ2v) is 5.20. The Kier molecular flexibility index (Phi) is 8.22. The summed E-state index contributed by atoms with van der Waals surface area (Å²) in [6.45, 7) is 3.30. The summed E-state index contributed by atoms with van der Waals surface area (Å²) in [5.74, 6) is 0.0478. The van der Waals surface area contributed by atoms with Crippen LogP contribution in [0.15, 0.2) is 0 Å². The van der Waals surface area contributed by atoms with Crippen LogP contribution in [-0.4, -0.2) is 68.1 Å². The highest BCUT2D eigenvalue weighted by Gasteiger charge is 2.19. The fourth-order valence-corrected chi connectivity index (χ4v) is 2.17. The van der Waals surface area contributed by atoms with E-state index in [1.54, 1.807) is 11.9 Å². The number of ether oxygens (including phenoxy) is 1. The number of amides is 2. The van der Waals surface area contributed by atoms with E-state index in [2.05, 4.69) is 0 Å². The fraction of sp³-hybridized carbons (Fsp3) is 0.857. The molecule has 6 nitrogen and oxygen atoms in total. The van der Waals surface area contributed by atoms with Crippen molar-refractivity contribution in [3.05, 3.63) is 0 Å². The van der Waals surface area contributed by atoms with Crippen LogP contribution in [-0.2, 0) is 14.3 Å². The Labute approximate surface area is 121 Å². The number of rotatable bonds is 8. The van der Waals surface area contributed by atoms with Gasteiger partial charge in [-0.05, 0) is 19.4 Å². The molecule has 0 spiro atoms. The Morgan fingerprint density at radius 2 is 1.80 bits per heavy atom. The van der Waals surface area contributed by atoms with E-state index in [0.29, 0.717) is 39.3 Å². The van der Waals surface area contributed by atoms with Crippen molar-refractivity contribution in [3.8, 4) is 0 Å². The van der Waals surface area contributed by atoms with E-state index in [4.69, 9.17) is 10.5 Å². The largest absolute Gasteiger partial charge is 0.378 e. The van der Waals surface area contributed by atoms with Gasteiger partial charge < -0.3 is 20.3 Å². The van der Waals surface area contributed by atoms with Gasteiger partial charge in [-0.25, -0.2) is 0 Å². The van der Waals surface area contributed by atoms with Gasteiger partial charge in [-0.15, -0.1) is 0 Å². The normalized spacial score (nSPS) is 15.2.